The fourth-order valence-electron chi connectivity index (χ4n) is 1.36. The summed E-state index contributed by atoms with van der Waals surface area (Å²) in [5, 5.41) is 2.51. The zero-order valence-corrected chi connectivity index (χ0v) is 13.6. The Labute approximate surface area is 109 Å². The minimum Gasteiger partial charge on any atom is -0.529 e. The van der Waals surface area contributed by atoms with E-state index in [0.29, 0.717) is 46.1 Å². The van der Waals surface area contributed by atoms with Crippen molar-refractivity contribution in [3.05, 3.63) is 0 Å². The number of nitrogens with two attached hydrogens (primary N) is 2. The van der Waals surface area contributed by atoms with Crippen LogP contribution in [0.5, 0.6) is 0 Å². The Hall–Kier alpha value is -1.73. The largest absolute Gasteiger partial charge is 0.529 e. The van der Waals surface area contributed by atoms with Crippen LogP contribution in [-0.2, 0) is 14.3 Å². The van der Waals surface area contributed by atoms with Crippen LogP contribution in [0.3, 0.4) is 0 Å². The molecule has 19 heavy (non-hydrogen) atoms. The van der Waals surface area contributed by atoms with E-state index < -0.39 is 0 Å². The summed E-state index contributed by atoms with van der Waals surface area (Å²) in [6, 6.07) is 0. The monoisotopic (exact) mass is 518 g/mol. The van der Waals surface area contributed by atoms with Crippen molar-refractivity contribution in [2.24, 2.45) is 11.5 Å². The molecule has 120 valence electrons. The molecule has 5 N–H and O–H groups in total. The van der Waals surface area contributed by atoms with E-state index in [2.05, 4.69) is 10.2 Å². The van der Waals surface area contributed by atoms with Crippen LogP contribution in [-0.4, -0.2) is 77.0 Å². The summed E-state index contributed by atoms with van der Waals surface area (Å²) in [7, 11) is 0. The molecule has 0 saturated carbocycles. The van der Waals surface area contributed by atoms with Crippen molar-refractivity contribution < 1.29 is 14.3 Å². The van der Waals surface area contributed by atoms with Crippen LogP contribution in [0.15, 0.2) is 0 Å². The maximum absolute atomic E-state index is 10.1. The van der Waals surface area contributed by atoms with Gasteiger partial charge in [-0.1, -0.05) is 0 Å². The molecule has 0 aromatic heterocycles. The van der Waals surface area contributed by atoms with Gasteiger partial charge in [-0.15, -0.1) is 0 Å². The molecule has 0 aromatic carbocycles. The molecule has 1 amide bonds. The first-order chi connectivity index (χ1) is 8.85. The van der Waals surface area contributed by atoms with Crippen molar-refractivity contribution in [2.45, 2.75) is 0 Å². The summed E-state index contributed by atoms with van der Waals surface area (Å²) in [6.45, 7) is 6.32. The summed E-state index contributed by atoms with van der Waals surface area (Å²) in [5.41, 5.74) is 10.7. The Kier molecular flexibility index (Phi) is 16.8. The van der Waals surface area contributed by atoms with Gasteiger partial charge in [-0.3, -0.25) is 4.90 Å². The quantitative estimate of drug-likeness (QED) is 0.138. The van der Waals surface area contributed by atoms with E-state index in [4.69, 9.17) is 20.9 Å². The van der Waals surface area contributed by atoms with Crippen molar-refractivity contribution in [1.82, 2.24) is 10.2 Å². The third-order valence-corrected chi connectivity index (χ3v) is 2.25. The van der Waals surface area contributed by atoms with Crippen molar-refractivity contribution in [3.63, 3.8) is 0 Å². The first kappa shape index (κ1) is 19.6. The molecule has 8 heteroatoms. The second kappa shape index (κ2) is 16.3. The number of rotatable bonds is 14. The molecular formula is C11H25FmN4O3-. The van der Waals surface area contributed by atoms with Gasteiger partial charge in [-0.25, -0.2) is 0 Å². The number of hydrogen-bond acceptors (Lipinski definition) is 6. The molecule has 0 saturated heterocycles. The van der Waals surface area contributed by atoms with E-state index in [0.717, 1.165) is 19.6 Å². The van der Waals surface area contributed by atoms with Crippen LogP contribution < -0.4 is 16.8 Å². The average Bonchev–Trinajstić information content (AvgIpc) is 2.39. The fourth-order valence-corrected chi connectivity index (χ4v) is 1.36. The molecule has 0 heterocycles. The summed E-state index contributed by atoms with van der Waals surface area (Å²) in [6.07, 6.45) is 1.65. The van der Waals surface area contributed by atoms with Crippen LogP contribution in [0.4, 0.5) is 0 Å². The van der Waals surface area contributed by atoms with Crippen molar-refractivity contribution in [3.8, 4) is 0 Å². The van der Waals surface area contributed by atoms with Gasteiger partial charge in [0, 0.05) is 32.7 Å². The minimum atomic E-state index is 0. The zero-order chi connectivity index (χ0) is 13.5. The molecule has 7 nitrogen and oxygen atoms in total. The van der Waals surface area contributed by atoms with Crippen LogP contribution >= 0.6 is 0 Å². The van der Waals surface area contributed by atoms with E-state index in [1.54, 1.807) is 6.41 Å². The summed E-state index contributed by atoms with van der Waals surface area (Å²) in [5.74, 6) is 0. The minimum absolute atomic E-state index is 0. The Balaban J connectivity index is 0. The molecule has 0 aliphatic heterocycles. The van der Waals surface area contributed by atoms with Crippen molar-refractivity contribution in [1.29, 1.82) is 0 Å². The number of carbonyl (C=O) groups excluding carboxylic acids is 1. The summed E-state index contributed by atoms with van der Waals surface area (Å²) < 4.78 is 10.6. The molecule has 0 unspecified atom stereocenters. The molecule has 0 aliphatic carbocycles. The second-order valence-electron chi connectivity index (χ2n) is 3.67. The van der Waals surface area contributed by atoms with Crippen LogP contribution in [0.1, 0.15) is 0 Å². The average molecular weight is 518 g/mol. The van der Waals surface area contributed by atoms with Gasteiger partial charge < -0.3 is 31.1 Å². The first-order valence-corrected chi connectivity index (χ1v) is 6.23. The molecule has 0 radical (unpaired) electrons. The Morgan fingerprint density at radius 2 is 1.47 bits per heavy atom. The maximum Gasteiger partial charge on any atom is 0.0594 e. The third-order valence-electron chi connectivity index (χ3n) is 2.25. The maximum atomic E-state index is 10.1. The Morgan fingerprint density at radius 3 is 1.89 bits per heavy atom. The third kappa shape index (κ3) is 14.2. The predicted molar refractivity (Wildman–Crippen MR) is 69.9 cm³/mol. The number of amides is 1. The van der Waals surface area contributed by atoms with E-state index in [1.807, 2.05) is 0 Å². The van der Waals surface area contributed by atoms with E-state index in [9.17, 15) is 4.79 Å². The molecule has 0 spiro atoms. The Morgan fingerprint density at radius 1 is 0.947 bits per heavy atom. The molecular weight excluding hydrogens is 493 g/mol. The Bertz CT molecular complexity index is 177. The van der Waals surface area contributed by atoms with E-state index >= 15 is 0 Å². The van der Waals surface area contributed by atoms with Gasteiger partial charge in [0.25, 0.3) is 0 Å². The SMILES string of the molecule is NCCOCCN(CCN[C-]=O)CCOCCN.[Fm]. The van der Waals surface area contributed by atoms with Gasteiger partial charge in [-0.05, 0) is 6.54 Å². The summed E-state index contributed by atoms with van der Waals surface area (Å²) in [4.78, 5) is 12.2. The molecule has 0 atom stereocenters. The first-order valence-electron chi connectivity index (χ1n) is 6.23. The van der Waals surface area contributed by atoms with Crippen LogP contribution in [0.2, 0.25) is 0 Å². The van der Waals surface area contributed by atoms with Crippen molar-refractivity contribution in [2.75, 3.05) is 65.7 Å². The normalized spacial score (nSPS) is 10.3. The van der Waals surface area contributed by atoms with Gasteiger partial charge in [0.1, 0.15) is 0 Å². The smallest absolute Gasteiger partial charge is 0.0594 e. The van der Waals surface area contributed by atoms with Gasteiger partial charge in [-0.2, -0.15) is 6.41 Å². The molecule has 0 aliphatic rings. The van der Waals surface area contributed by atoms with Crippen LogP contribution in [0.25, 0.3) is 0 Å². The molecule has 0 fully saturated rings. The topological polar surface area (TPSA) is 103 Å². The zero-order valence-electron chi connectivity index (χ0n) is 11.2. The number of nitrogens with zero attached hydrogens (tertiary/aromatic N) is 1. The van der Waals surface area contributed by atoms with Gasteiger partial charge in [0.15, 0.2) is 0 Å². The predicted octanol–water partition coefficient (Wildman–Crippen LogP) is -2.10. The van der Waals surface area contributed by atoms with Gasteiger partial charge in [0.05, 0.1) is 26.4 Å². The van der Waals surface area contributed by atoms with Crippen molar-refractivity contribution >= 4 is 6.41 Å². The van der Waals surface area contributed by atoms with E-state index in [-0.39, 0.29) is 0 Å². The van der Waals surface area contributed by atoms with E-state index in [1.165, 1.54) is 0 Å². The molecule has 0 bridgehead atoms. The number of hydrogen-bond donors (Lipinski definition) is 3. The van der Waals surface area contributed by atoms with Gasteiger partial charge >= 0.3 is 0 Å². The molecule has 0 aromatic rings. The fraction of sp³-hybridized carbons (Fsp3) is 0.909. The number of nitrogens with one attached hydrogen (secondary N) is 1. The van der Waals surface area contributed by atoms with Crippen LogP contribution in [0, 0.1) is 0 Å². The van der Waals surface area contributed by atoms with Gasteiger partial charge in [0.2, 0.25) is 0 Å². The molecule has 0 rings (SSSR count). The second-order valence-corrected chi connectivity index (χ2v) is 3.67. The standard InChI is InChI=1S/C11H25N4O3.Fm/c12-1-7-17-9-5-15(4-3-14-11-16)6-10-18-8-2-13;/h1-10,12-13H2,(H,14,16);/q-1;. The number of ether oxygens (including phenoxy) is 2. The summed E-state index contributed by atoms with van der Waals surface area (Å²) >= 11 is 0.